The predicted molar refractivity (Wildman–Crippen MR) is 145 cm³/mol. The van der Waals surface area contributed by atoms with Gasteiger partial charge >= 0.3 is 0 Å². The molecule has 4 heterocycles. The molecular formula is C24H33N9OS2. The summed E-state index contributed by atoms with van der Waals surface area (Å²) in [5.74, 6) is 1.66. The fraction of sp³-hybridized carbons (Fsp3) is 0.542. The van der Waals surface area contributed by atoms with Crippen molar-refractivity contribution < 1.29 is 4.79 Å². The van der Waals surface area contributed by atoms with E-state index in [-0.39, 0.29) is 5.91 Å². The highest BCUT2D eigenvalue weighted by atomic mass is 32.2. The third-order valence-corrected chi connectivity index (χ3v) is 8.14. The smallest absolute Gasteiger partial charge is 0.246 e. The van der Waals surface area contributed by atoms with Gasteiger partial charge in [0.05, 0.1) is 6.20 Å². The van der Waals surface area contributed by atoms with Gasteiger partial charge in [-0.25, -0.2) is 15.0 Å². The van der Waals surface area contributed by atoms with Gasteiger partial charge in [-0.05, 0) is 34.0 Å². The molecule has 2 aliphatic rings. The molecule has 10 nitrogen and oxygen atoms in total. The second-order valence-electron chi connectivity index (χ2n) is 9.26. The number of nitrogens with one attached hydrogen (secondary N) is 1. The number of thioether (sulfide) groups is 1. The van der Waals surface area contributed by atoms with E-state index < -0.39 is 0 Å². The number of piperazine rings is 1. The van der Waals surface area contributed by atoms with E-state index in [1.54, 1.807) is 24.0 Å². The molecule has 4 rings (SSSR count). The molecule has 0 radical (unpaired) electrons. The van der Waals surface area contributed by atoms with Crippen LogP contribution in [0.5, 0.6) is 0 Å². The second-order valence-corrected chi connectivity index (χ2v) is 11.6. The van der Waals surface area contributed by atoms with Crippen LogP contribution in [-0.4, -0.2) is 108 Å². The van der Waals surface area contributed by atoms with Gasteiger partial charge in [0.2, 0.25) is 5.91 Å². The summed E-state index contributed by atoms with van der Waals surface area (Å²) in [5, 5.41) is 14.1. The fourth-order valence-corrected chi connectivity index (χ4v) is 5.70. The Hall–Kier alpha value is -2.72. The number of aromatic nitrogens is 3. The number of thiazole rings is 1. The lowest BCUT2D eigenvalue weighted by Crippen LogP contribution is -2.44. The van der Waals surface area contributed by atoms with Crippen molar-refractivity contribution in [2.75, 3.05) is 77.2 Å². The average Bonchev–Trinajstić information content (AvgIpc) is 3.32. The molecule has 36 heavy (non-hydrogen) atoms. The maximum absolute atomic E-state index is 12.5. The quantitative estimate of drug-likeness (QED) is 0.407. The predicted octanol–water partition coefficient (Wildman–Crippen LogP) is 2.50. The highest BCUT2D eigenvalue weighted by molar-refractivity contribution is 7.99. The monoisotopic (exact) mass is 527 g/mol. The third kappa shape index (κ3) is 7.39. The Kier molecular flexibility index (Phi) is 9.14. The summed E-state index contributed by atoms with van der Waals surface area (Å²) in [7, 11) is 6.11. The summed E-state index contributed by atoms with van der Waals surface area (Å²) >= 11 is 2.99. The molecule has 0 atom stereocenters. The third-order valence-electron chi connectivity index (χ3n) is 6.13. The number of rotatable bonds is 8. The molecule has 192 valence electrons. The zero-order valence-electron chi connectivity index (χ0n) is 21.1. The summed E-state index contributed by atoms with van der Waals surface area (Å²) in [6.45, 7) is 6.04. The molecule has 1 N–H and O–H groups in total. The van der Waals surface area contributed by atoms with Crippen LogP contribution in [0.25, 0.3) is 0 Å². The Bertz CT molecular complexity index is 1100. The fourth-order valence-electron chi connectivity index (χ4n) is 4.03. The SMILES string of the molecule is CN(C)CC=CC(=O)N1CCC(Sc2nc(Nc3ncc(C#N)s3)cc(N3CCN(C)CC3)n2)CC1. The first kappa shape index (κ1) is 26.3. The number of anilines is 3. The molecule has 1 amide bonds. The molecule has 12 heteroatoms. The van der Waals surface area contributed by atoms with Crippen LogP contribution < -0.4 is 10.2 Å². The molecule has 0 bridgehead atoms. The normalized spacial score (nSPS) is 17.6. The van der Waals surface area contributed by atoms with E-state index in [1.807, 2.05) is 36.0 Å². The summed E-state index contributed by atoms with van der Waals surface area (Å²) in [6.07, 6.45) is 6.97. The van der Waals surface area contributed by atoms with Crippen LogP contribution in [0, 0.1) is 11.3 Å². The molecular weight excluding hydrogens is 494 g/mol. The lowest BCUT2D eigenvalue weighted by atomic mass is 10.1. The topological polar surface area (TPSA) is 105 Å². The van der Waals surface area contributed by atoms with Gasteiger partial charge in [-0.15, -0.1) is 0 Å². The molecule has 2 aromatic rings. The van der Waals surface area contributed by atoms with E-state index in [9.17, 15) is 4.79 Å². The van der Waals surface area contributed by atoms with Crippen molar-refractivity contribution in [1.29, 1.82) is 5.26 Å². The van der Waals surface area contributed by atoms with E-state index in [2.05, 4.69) is 33.2 Å². The molecule has 0 aromatic carbocycles. The summed E-state index contributed by atoms with van der Waals surface area (Å²) < 4.78 is 0. The Labute approximate surface area is 221 Å². The van der Waals surface area contributed by atoms with Crippen molar-refractivity contribution in [2.45, 2.75) is 23.2 Å². The number of piperidine rings is 1. The highest BCUT2D eigenvalue weighted by Gasteiger charge is 2.24. The molecule has 0 spiro atoms. The largest absolute Gasteiger partial charge is 0.354 e. The van der Waals surface area contributed by atoms with Gasteiger partial charge in [0.25, 0.3) is 0 Å². The second kappa shape index (κ2) is 12.5. The summed E-state index contributed by atoms with van der Waals surface area (Å²) in [5.41, 5.74) is 0. The first-order valence-corrected chi connectivity index (χ1v) is 13.8. The number of carbonyl (C=O) groups excluding carboxylic acids is 1. The Morgan fingerprint density at radius 3 is 2.67 bits per heavy atom. The van der Waals surface area contributed by atoms with Crippen LogP contribution in [0.2, 0.25) is 0 Å². The highest BCUT2D eigenvalue weighted by Crippen LogP contribution is 2.32. The minimum atomic E-state index is 0.0836. The van der Waals surface area contributed by atoms with Crippen LogP contribution in [-0.2, 0) is 4.79 Å². The van der Waals surface area contributed by atoms with E-state index >= 15 is 0 Å². The molecule has 2 aliphatic heterocycles. The molecule has 2 aromatic heterocycles. The molecule has 0 unspecified atom stereocenters. The van der Waals surface area contributed by atoms with E-state index in [0.717, 1.165) is 69.6 Å². The van der Waals surface area contributed by atoms with E-state index in [4.69, 9.17) is 15.2 Å². The van der Waals surface area contributed by atoms with Crippen LogP contribution >= 0.6 is 23.1 Å². The number of carbonyl (C=O) groups is 1. The Morgan fingerprint density at radius 1 is 1.25 bits per heavy atom. The van der Waals surface area contributed by atoms with Gasteiger partial charge in [0.15, 0.2) is 10.3 Å². The van der Waals surface area contributed by atoms with Gasteiger partial charge in [0, 0.05) is 63.2 Å². The van der Waals surface area contributed by atoms with Gasteiger partial charge in [0.1, 0.15) is 22.6 Å². The van der Waals surface area contributed by atoms with Crippen molar-refractivity contribution >= 4 is 45.8 Å². The number of amides is 1. The number of likely N-dealkylation sites (N-methyl/N-ethyl adjacent to an activating group) is 2. The lowest BCUT2D eigenvalue weighted by molar-refractivity contribution is -0.126. The van der Waals surface area contributed by atoms with Crippen molar-refractivity contribution in [3.8, 4) is 6.07 Å². The van der Waals surface area contributed by atoms with Crippen molar-refractivity contribution in [3.05, 3.63) is 29.3 Å². The number of nitriles is 1. The Morgan fingerprint density at radius 2 is 2.00 bits per heavy atom. The summed E-state index contributed by atoms with van der Waals surface area (Å²) in [6, 6.07) is 4.09. The first-order chi connectivity index (χ1) is 17.4. The van der Waals surface area contributed by atoms with Crippen LogP contribution in [0.3, 0.4) is 0 Å². The number of nitrogens with zero attached hydrogens (tertiary/aromatic N) is 8. The van der Waals surface area contributed by atoms with E-state index in [0.29, 0.717) is 21.1 Å². The van der Waals surface area contributed by atoms with Gasteiger partial charge in [-0.1, -0.05) is 29.2 Å². The van der Waals surface area contributed by atoms with Crippen LogP contribution in [0.15, 0.2) is 29.6 Å². The molecule has 0 saturated carbocycles. The molecule has 2 fully saturated rings. The zero-order valence-corrected chi connectivity index (χ0v) is 22.7. The molecule has 2 saturated heterocycles. The minimum absolute atomic E-state index is 0.0836. The summed E-state index contributed by atoms with van der Waals surface area (Å²) in [4.78, 5) is 35.6. The molecule has 0 aliphatic carbocycles. The van der Waals surface area contributed by atoms with Crippen LogP contribution in [0.1, 0.15) is 17.7 Å². The van der Waals surface area contributed by atoms with E-state index in [1.165, 1.54) is 11.3 Å². The van der Waals surface area contributed by atoms with Crippen molar-refractivity contribution in [1.82, 2.24) is 29.7 Å². The standard InChI is InChI=1S/C24H33N9OS2/c1-30(2)8-4-5-22(34)33-9-6-18(7-10-33)35-24-28-20(27-23-26-17-19(16-25)36-23)15-21(29-24)32-13-11-31(3)12-14-32/h4-5,15,17-18H,6-14H2,1-3H3,(H,26,27,28,29). The lowest BCUT2D eigenvalue weighted by Gasteiger charge is -2.33. The zero-order chi connectivity index (χ0) is 25.5. The Balaban J connectivity index is 1.43. The first-order valence-electron chi connectivity index (χ1n) is 12.1. The van der Waals surface area contributed by atoms with Crippen molar-refractivity contribution in [3.63, 3.8) is 0 Å². The van der Waals surface area contributed by atoms with Crippen molar-refractivity contribution in [2.24, 2.45) is 0 Å². The number of hydrogen-bond donors (Lipinski definition) is 1. The number of hydrogen-bond acceptors (Lipinski definition) is 11. The number of likely N-dealkylation sites (tertiary alicyclic amines) is 1. The van der Waals surface area contributed by atoms with Gasteiger partial charge in [-0.2, -0.15) is 5.26 Å². The minimum Gasteiger partial charge on any atom is -0.354 e. The average molecular weight is 528 g/mol. The maximum Gasteiger partial charge on any atom is 0.246 e. The van der Waals surface area contributed by atoms with Crippen LogP contribution in [0.4, 0.5) is 16.8 Å². The van der Waals surface area contributed by atoms with Gasteiger partial charge < -0.3 is 24.9 Å². The van der Waals surface area contributed by atoms with Gasteiger partial charge in [-0.3, -0.25) is 4.79 Å². The maximum atomic E-state index is 12.5.